The number of carbonyl (C=O) groups excluding carboxylic acids is 2. The molecule has 1 saturated carbocycles. The Morgan fingerprint density at radius 2 is 1.61 bits per heavy atom. The molecule has 176 valence electrons. The molecule has 1 N–H and O–H groups in total. The van der Waals surface area contributed by atoms with Gasteiger partial charge in [-0.2, -0.15) is 0 Å². The molecule has 6 nitrogen and oxygen atoms in total. The third-order valence-corrected chi connectivity index (χ3v) is 8.49. The first-order valence-electron chi connectivity index (χ1n) is 11.8. The third-order valence-electron chi connectivity index (χ3n) is 6.81. The van der Waals surface area contributed by atoms with E-state index in [0.717, 1.165) is 31.2 Å². The molecule has 1 aliphatic carbocycles. The molecule has 1 saturated heterocycles. The van der Waals surface area contributed by atoms with Gasteiger partial charge in [0.25, 0.3) is 5.91 Å². The lowest BCUT2D eigenvalue weighted by Gasteiger charge is -2.33. The van der Waals surface area contributed by atoms with Gasteiger partial charge in [-0.3, -0.25) is 9.59 Å². The Labute approximate surface area is 196 Å². The molecule has 2 fully saturated rings. The van der Waals surface area contributed by atoms with Crippen LogP contribution in [0, 0.1) is 5.92 Å². The highest BCUT2D eigenvalue weighted by Gasteiger charge is 2.47. The lowest BCUT2D eigenvalue weighted by atomic mass is 9.84. The highest BCUT2D eigenvalue weighted by Crippen LogP contribution is 2.40. The summed E-state index contributed by atoms with van der Waals surface area (Å²) in [6, 6.07) is 17.9. The molecule has 2 aromatic rings. The Morgan fingerprint density at radius 1 is 0.939 bits per heavy atom. The standard InChI is InChI=1S/C26H32N2O4S/c29-25(27-16-9-17-33(31,32)19-20-10-3-1-4-11-20)24-18-22-14-7-8-15-23(22)28(24)26(30)21-12-5-2-6-13-21/h1-6,10-13,22-24H,7-9,14-19H2,(H,27,29). The molecular weight excluding hydrogens is 436 g/mol. The van der Waals surface area contributed by atoms with Gasteiger partial charge in [0.15, 0.2) is 9.84 Å². The van der Waals surface area contributed by atoms with Crippen LogP contribution in [-0.2, 0) is 20.4 Å². The lowest BCUT2D eigenvalue weighted by Crippen LogP contribution is -2.49. The van der Waals surface area contributed by atoms with E-state index in [1.165, 1.54) is 0 Å². The topological polar surface area (TPSA) is 83.6 Å². The van der Waals surface area contributed by atoms with Gasteiger partial charge >= 0.3 is 0 Å². The molecule has 0 bridgehead atoms. The second-order valence-electron chi connectivity index (χ2n) is 9.16. The summed E-state index contributed by atoms with van der Waals surface area (Å²) < 4.78 is 24.8. The fourth-order valence-corrected chi connectivity index (χ4v) is 6.67. The van der Waals surface area contributed by atoms with Crippen LogP contribution in [-0.4, -0.2) is 49.5 Å². The maximum atomic E-state index is 13.3. The molecule has 1 aliphatic heterocycles. The third kappa shape index (κ3) is 5.82. The number of rotatable bonds is 8. The molecule has 3 atom stereocenters. The van der Waals surface area contributed by atoms with Crippen LogP contribution in [0.4, 0.5) is 0 Å². The number of fused-ring (bicyclic) bond motifs is 1. The van der Waals surface area contributed by atoms with Gasteiger partial charge in [-0.15, -0.1) is 0 Å². The van der Waals surface area contributed by atoms with Gasteiger partial charge in [-0.05, 0) is 49.3 Å². The molecule has 2 aromatic carbocycles. The van der Waals surface area contributed by atoms with E-state index < -0.39 is 15.9 Å². The number of sulfone groups is 1. The zero-order valence-corrected chi connectivity index (χ0v) is 19.7. The number of hydrogen-bond acceptors (Lipinski definition) is 4. The van der Waals surface area contributed by atoms with Crippen molar-refractivity contribution in [2.45, 2.75) is 56.4 Å². The minimum Gasteiger partial charge on any atom is -0.354 e. The number of nitrogens with one attached hydrogen (secondary N) is 1. The maximum Gasteiger partial charge on any atom is 0.254 e. The van der Waals surface area contributed by atoms with Crippen LogP contribution in [0.3, 0.4) is 0 Å². The van der Waals surface area contributed by atoms with Crippen LogP contribution in [0.1, 0.15) is 54.4 Å². The van der Waals surface area contributed by atoms with E-state index in [4.69, 9.17) is 0 Å². The predicted octanol–water partition coefficient (Wildman–Crippen LogP) is 3.58. The van der Waals surface area contributed by atoms with Gasteiger partial charge < -0.3 is 10.2 Å². The monoisotopic (exact) mass is 468 g/mol. The SMILES string of the molecule is O=C(NCCCS(=O)(=O)Cc1ccccc1)C1CC2CCCCC2N1C(=O)c1ccccc1. The Kier molecular flexibility index (Phi) is 7.48. The zero-order chi connectivity index (χ0) is 23.3. The largest absolute Gasteiger partial charge is 0.354 e. The summed E-state index contributed by atoms with van der Waals surface area (Å²) in [7, 11) is -3.24. The number of benzene rings is 2. The first-order chi connectivity index (χ1) is 15.9. The minimum atomic E-state index is -3.24. The van der Waals surface area contributed by atoms with E-state index in [2.05, 4.69) is 5.32 Å². The molecule has 1 heterocycles. The lowest BCUT2D eigenvalue weighted by molar-refractivity contribution is -0.125. The molecule has 0 aromatic heterocycles. The minimum absolute atomic E-state index is 0.00707. The summed E-state index contributed by atoms with van der Waals surface area (Å²) in [6.07, 6.45) is 5.24. The first-order valence-corrected chi connectivity index (χ1v) is 13.7. The molecule has 2 aliphatic rings. The summed E-state index contributed by atoms with van der Waals surface area (Å²) >= 11 is 0. The van der Waals surface area contributed by atoms with Crippen LogP contribution in [0.25, 0.3) is 0 Å². The van der Waals surface area contributed by atoms with Crippen molar-refractivity contribution in [3.63, 3.8) is 0 Å². The van der Waals surface area contributed by atoms with Crippen LogP contribution in [0.5, 0.6) is 0 Å². The van der Waals surface area contributed by atoms with Gasteiger partial charge in [0.05, 0.1) is 11.5 Å². The van der Waals surface area contributed by atoms with Crippen molar-refractivity contribution in [3.8, 4) is 0 Å². The maximum absolute atomic E-state index is 13.3. The summed E-state index contributed by atoms with van der Waals surface area (Å²) in [5.41, 5.74) is 1.37. The normalized spacial score (nSPS) is 22.5. The molecule has 3 unspecified atom stereocenters. The van der Waals surface area contributed by atoms with Crippen LogP contribution in [0.15, 0.2) is 60.7 Å². The molecule has 0 spiro atoms. The molecule has 4 rings (SSSR count). The van der Waals surface area contributed by atoms with E-state index in [1.54, 1.807) is 29.2 Å². The van der Waals surface area contributed by atoms with Crippen LogP contribution < -0.4 is 5.32 Å². The van der Waals surface area contributed by atoms with E-state index >= 15 is 0 Å². The van der Waals surface area contributed by atoms with Crippen LogP contribution >= 0.6 is 0 Å². The average molecular weight is 469 g/mol. The summed E-state index contributed by atoms with van der Waals surface area (Å²) in [5.74, 6) is 0.121. The summed E-state index contributed by atoms with van der Waals surface area (Å²) in [4.78, 5) is 28.2. The number of hydrogen-bond donors (Lipinski definition) is 1. The fourth-order valence-electron chi connectivity index (χ4n) is 5.24. The molecule has 7 heteroatoms. The average Bonchev–Trinajstić information content (AvgIpc) is 3.22. The highest BCUT2D eigenvalue weighted by atomic mass is 32.2. The second kappa shape index (κ2) is 10.5. The smallest absolute Gasteiger partial charge is 0.254 e. The van der Waals surface area contributed by atoms with E-state index in [9.17, 15) is 18.0 Å². The van der Waals surface area contributed by atoms with Crippen LogP contribution in [0.2, 0.25) is 0 Å². The fraction of sp³-hybridized carbons (Fsp3) is 0.462. The van der Waals surface area contributed by atoms with Crippen molar-refractivity contribution < 1.29 is 18.0 Å². The quantitative estimate of drug-likeness (QED) is 0.600. The number of carbonyl (C=O) groups is 2. The van der Waals surface area contributed by atoms with Crippen molar-refractivity contribution in [1.29, 1.82) is 0 Å². The molecule has 33 heavy (non-hydrogen) atoms. The molecule has 2 amide bonds. The van der Waals surface area contributed by atoms with Gasteiger partial charge in [-0.1, -0.05) is 61.4 Å². The zero-order valence-electron chi connectivity index (χ0n) is 18.9. The van der Waals surface area contributed by atoms with Crippen molar-refractivity contribution >= 4 is 21.7 Å². The summed E-state index contributed by atoms with van der Waals surface area (Å²) in [6.45, 7) is 0.284. The Hall–Kier alpha value is -2.67. The Morgan fingerprint density at radius 3 is 2.33 bits per heavy atom. The predicted molar refractivity (Wildman–Crippen MR) is 128 cm³/mol. The van der Waals surface area contributed by atoms with Gasteiger partial charge in [0.1, 0.15) is 6.04 Å². The second-order valence-corrected chi connectivity index (χ2v) is 11.3. The van der Waals surface area contributed by atoms with Gasteiger partial charge in [-0.25, -0.2) is 8.42 Å². The number of amides is 2. The highest BCUT2D eigenvalue weighted by molar-refractivity contribution is 7.90. The molecule has 0 radical (unpaired) electrons. The Balaban J connectivity index is 1.35. The summed E-state index contributed by atoms with van der Waals surface area (Å²) in [5, 5.41) is 2.91. The van der Waals surface area contributed by atoms with E-state index in [0.29, 0.717) is 24.3 Å². The number of nitrogens with zero attached hydrogens (tertiary/aromatic N) is 1. The van der Waals surface area contributed by atoms with Crippen molar-refractivity contribution in [2.24, 2.45) is 5.92 Å². The van der Waals surface area contributed by atoms with E-state index in [1.807, 2.05) is 36.4 Å². The van der Waals surface area contributed by atoms with Gasteiger partial charge in [0.2, 0.25) is 5.91 Å². The number of likely N-dealkylation sites (tertiary alicyclic amines) is 1. The Bertz CT molecular complexity index is 1060. The van der Waals surface area contributed by atoms with E-state index in [-0.39, 0.29) is 35.9 Å². The first kappa shape index (κ1) is 23.5. The van der Waals surface area contributed by atoms with Gasteiger partial charge in [0, 0.05) is 18.2 Å². The van der Waals surface area contributed by atoms with Crippen molar-refractivity contribution in [2.75, 3.05) is 12.3 Å². The van der Waals surface area contributed by atoms with Crippen molar-refractivity contribution in [3.05, 3.63) is 71.8 Å². The van der Waals surface area contributed by atoms with Crippen molar-refractivity contribution in [1.82, 2.24) is 10.2 Å². The molecular formula is C26H32N2O4S.